The van der Waals surface area contributed by atoms with E-state index in [4.69, 9.17) is 9.84 Å². The predicted octanol–water partition coefficient (Wildman–Crippen LogP) is 1.27. The summed E-state index contributed by atoms with van der Waals surface area (Å²) in [5, 5.41) is 11.7. The third-order valence-corrected chi connectivity index (χ3v) is 3.07. The molecule has 0 radical (unpaired) electrons. The van der Waals surface area contributed by atoms with Gasteiger partial charge in [-0.25, -0.2) is 0 Å². The van der Waals surface area contributed by atoms with Crippen LogP contribution in [0.2, 0.25) is 0 Å². The van der Waals surface area contributed by atoms with Gasteiger partial charge in [0.1, 0.15) is 0 Å². The molecule has 1 amide bonds. The van der Waals surface area contributed by atoms with Crippen LogP contribution in [-0.4, -0.2) is 36.2 Å². The summed E-state index contributed by atoms with van der Waals surface area (Å²) in [4.78, 5) is 22.7. The average Bonchev–Trinajstić information content (AvgIpc) is 2.16. The number of methoxy groups -OCH3 is 1. The van der Waals surface area contributed by atoms with E-state index in [9.17, 15) is 9.59 Å². The summed E-state index contributed by atoms with van der Waals surface area (Å²) in [6.07, 6.45) is -0.0872. The molecule has 0 saturated carbocycles. The number of nitrogens with one attached hydrogen (secondary N) is 1. The van der Waals surface area contributed by atoms with Crippen molar-refractivity contribution in [3.05, 3.63) is 0 Å². The Labute approximate surface area is 103 Å². The van der Waals surface area contributed by atoms with Gasteiger partial charge in [0.15, 0.2) is 0 Å². The van der Waals surface area contributed by atoms with Crippen molar-refractivity contribution in [3.63, 3.8) is 0 Å². The lowest BCUT2D eigenvalue weighted by Crippen LogP contribution is -2.53. The Morgan fingerprint density at radius 2 is 1.88 bits per heavy atom. The van der Waals surface area contributed by atoms with Gasteiger partial charge in [-0.05, 0) is 12.8 Å². The maximum Gasteiger partial charge on any atom is 0.305 e. The summed E-state index contributed by atoms with van der Waals surface area (Å²) in [6.45, 7) is 7.62. The molecule has 0 aromatic heterocycles. The molecule has 0 aliphatic carbocycles. The van der Waals surface area contributed by atoms with E-state index in [1.807, 2.05) is 13.8 Å². The summed E-state index contributed by atoms with van der Waals surface area (Å²) < 4.78 is 4.90. The standard InChI is InChI=1S/C12H23NO4/c1-8(2)12(4,6-10(14)15)13-11(16)9(3)7-17-5/h8-9H,6-7H2,1-5H3,(H,13,16)(H,14,15). The number of carboxylic acids is 1. The van der Waals surface area contributed by atoms with Gasteiger partial charge in [0.25, 0.3) is 0 Å². The predicted molar refractivity (Wildman–Crippen MR) is 64.7 cm³/mol. The molecule has 0 saturated heterocycles. The third-order valence-electron chi connectivity index (χ3n) is 3.07. The van der Waals surface area contributed by atoms with Gasteiger partial charge in [-0.2, -0.15) is 0 Å². The fraction of sp³-hybridized carbons (Fsp3) is 0.833. The number of rotatable bonds is 7. The summed E-state index contributed by atoms with van der Waals surface area (Å²) in [7, 11) is 1.53. The molecule has 0 aliphatic rings. The zero-order chi connectivity index (χ0) is 13.6. The summed E-state index contributed by atoms with van der Waals surface area (Å²) in [5.74, 6) is -1.34. The molecule has 0 aliphatic heterocycles. The van der Waals surface area contributed by atoms with Crippen LogP contribution in [0.1, 0.15) is 34.1 Å². The number of aliphatic carboxylic acids is 1. The van der Waals surface area contributed by atoms with Crippen LogP contribution in [0.3, 0.4) is 0 Å². The van der Waals surface area contributed by atoms with Crippen molar-refractivity contribution < 1.29 is 19.4 Å². The van der Waals surface area contributed by atoms with Crippen LogP contribution in [0, 0.1) is 11.8 Å². The van der Waals surface area contributed by atoms with Crippen LogP contribution in [0.25, 0.3) is 0 Å². The van der Waals surface area contributed by atoms with Crippen LogP contribution in [0.15, 0.2) is 0 Å². The molecule has 0 aromatic rings. The number of carbonyl (C=O) groups excluding carboxylic acids is 1. The lowest BCUT2D eigenvalue weighted by molar-refractivity contribution is -0.140. The second-order valence-electron chi connectivity index (χ2n) is 4.99. The van der Waals surface area contributed by atoms with Gasteiger partial charge in [0, 0.05) is 12.6 Å². The van der Waals surface area contributed by atoms with Crippen LogP contribution in [0.5, 0.6) is 0 Å². The lowest BCUT2D eigenvalue weighted by Gasteiger charge is -2.34. The minimum absolute atomic E-state index is 0.0392. The third kappa shape index (κ3) is 5.17. The highest BCUT2D eigenvalue weighted by atomic mass is 16.5. The lowest BCUT2D eigenvalue weighted by atomic mass is 9.84. The van der Waals surface area contributed by atoms with Crippen LogP contribution >= 0.6 is 0 Å². The Morgan fingerprint density at radius 3 is 2.24 bits per heavy atom. The monoisotopic (exact) mass is 245 g/mol. The fourth-order valence-electron chi connectivity index (χ4n) is 1.44. The topological polar surface area (TPSA) is 75.6 Å². The Hall–Kier alpha value is -1.10. The van der Waals surface area contributed by atoms with Crippen molar-refractivity contribution in [2.45, 2.75) is 39.7 Å². The van der Waals surface area contributed by atoms with E-state index >= 15 is 0 Å². The first-order chi connectivity index (χ1) is 7.73. The molecule has 0 bridgehead atoms. The minimum atomic E-state index is -0.916. The van der Waals surface area contributed by atoms with Crippen molar-refractivity contribution >= 4 is 11.9 Å². The molecular formula is C12H23NO4. The molecule has 17 heavy (non-hydrogen) atoms. The van der Waals surface area contributed by atoms with E-state index in [-0.39, 0.29) is 24.2 Å². The van der Waals surface area contributed by atoms with E-state index < -0.39 is 11.5 Å². The van der Waals surface area contributed by atoms with Crippen molar-refractivity contribution in [2.24, 2.45) is 11.8 Å². The molecular weight excluding hydrogens is 222 g/mol. The Bertz CT molecular complexity index is 278. The maximum absolute atomic E-state index is 11.9. The maximum atomic E-state index is 11.9. The van der Waals surface area contributed by atoms with Gasteiger partial charge in [-0.3, -0.25) is 9.59 Å². The highest BCUT2D eigenvalue weighted by Gasteiger charge is 2.33. The van der Waals surface area contributed by atoms with Gasteiger partial charge in [0.05, 0.1) is 18.9 Å². The number of carboxylic acid groups (broad SMARTS) is 1. The molecule has 100 valence electrons. The smallest absolute Gasteiger partial charge is 0.305 e. The summed E-state index contributed by atoms with van der Waals surface area (Å²) >= 11 is 0. The molecule has 5 heteroatoms. The summed E-state index contributed by atoms with van der Waals surface area (Å²) in [6, 6.07) is 0. The number of amides is 1. The van der Waals surface area contributed by atoms with Gasteiger partial charge < -0.3 is 15.2 Å². The summed E-state index contributed by atoms with van der Waals surface area (Å²) in [5.41, 5.74) is -0.731. The van der Waals surface area contributed by atoms with Crippen molar-refractivity contribution in [1.29, 1.82) is 0 Å². The van der Waals surface area contributed by atoms with E-state index in [0.717, 1.165) is 0 Å². The molecule has 2 atom stereocenters. The van der Waals surface area contributed by atoms with Crippen LogP contribution in [0.4, 0.5) is 0 Å². The van der Waals surface area contributed by atoms with E-state index in [2.05, 4.69) is 5.32 Å². The molecule has 2 N–H and O–H groups in total. The quantitative estimate of drug-likeness (QED) is 0.708. The molecule has 0 fully saturated rings. The number of hydrogen-bond donors (Lipinski definition) is 2. The Kier molecular flexibility index (Phi) is 6.16. The first-order valence-corrected chi connectivity index (χ1v) is 5.75. The molecule has 5 nitrogen and oxygen atoms in total. The Morgan fingerprint density at radius 1 is 1.35 bits per heavy atom. The number of ether oxygens (including phenoxy) is 1. The largest absolute Gasteiger partial charge is 0.481 e. The molecule has 0 spiro atoms. The van der Waals surface area contributed by atoms with E-state index in [1.54, 1.807) is 13.8 Å². The van der Waals surface area contributed by atoms with Crippen molar-refractivity contribution in [2.75, 3.05) is 13.7 Å². The number of hydrogen-bond acceptors (Lipinski definition) is 3. The first kappa shape index (κ1) is 15.9. The Balaban J connectivity index is 4.65. The van der Waals surface area contributed by atoms with Gasteiger partial charge in [0.2, 0.25) is 5.91 Å². The number of carbonyl (C=O) groups is 2. The van der Waals surface area contributed by atoms with Crippen LogP contribution < -0.4 is 5.32 Å². The zero-order valence-corrected chi connectivity index (χ0v) is 11.2. The van der Waals surface area contributed by atoms with Crippen molar-refractivity contribution in [3.8, 4) is 0 Å². The van der Waals surface area contributed by atoms with Gasteiger partial charge in [-0.1, -0.05) is 20.8 Å². The molecule has 0 rings (SSSR count). The van der Waals surface area contributed by atoms with Gasteiger partial charge >= 0.3 is 5.97 Å². The SMILES string of the molecule is COCC(C)C(=O)NC(C)(CC(=O)O)C(C)C. The molecule has 0 aromatic carbocycles. The highest BCUT2D eigenvalue weighted by molar-refractivity contribution is 5.80. The zero-order valence-electron chi connectivity index (χ0n) is 11.2. The van der Waals surface area contributed by atoms with E-state index in [0.29, 0.717) is 6.61 Å². The second kappa shape index (κ2) is 6.59. The highest BCUT2D eigenvalue weighted by Crippen LogP contribution is 2.21. The molecule has 0 heterocycles. The van der Waals surface area contributed by atoms with Crippen LogP contribution in [-0.2, 0) is 14.3 Å². The first-order valence-electron chi connectivity index (χ1n) is 5.75. The van der Waals surface area contributed by atoms with E-state index in [1.165, 1.54) is 7.11 Å². The second-order valence-corrected chi connectivity index (χ2v) is 4.99. The normalized spacial score (nSPS) is 16.4. The van der Waals surface area contributed by atoms with Gasteiger partial charge in [-0.15, -0.1) is 0 Å². The minimum Gasteiger partial charge on any atom is -0.481 e. The fourth-order valence-corrected chi connectivity index (χ4v) is 1.44. The van der Waals surface area contributed by atoms with Crippen molar-refractivity contribution in [1.82, 2.24) is 5.32 Å². The average molecular weight is 245 g/mol. The molecule has 2 unspecified atom stereocenters.